The van der Waals surface area contributed by atoms with Gasteiger partial charge in [-0.1, -0.05) is 33.6 Å². The van der Waals surface area contributed by atoms with Crippen LogP contribution in [0.5, 0.6) is 0 Å². The summed E-state index contributed by atoms with van der Waals surface area (Å²) < 4.78 is 0. The van der Waals surface area contributed by atoms with E-state index in [1.807, 2.05) is 20.8 Å². The summed E-state index contributed by atoms with van der Waals surface area (Å²) in [6, 6.07) is -3.25. The molecule has 160 valence electrons. The SMILES string of the molecule is CCCC[C@H](NC(=O)[C@@H](N)C(C)C)C(=O)N[C@@H](C)C(=O)N1CCC[C@H]1C(=O)O. The van der Waals surface area contributed by atoms with Crippen molar-refractivity contribution in [2.45, 2.75) is 84.0 Å². The molecular formula is C19H34N4O5. The van der Waals surface area contributed by atoms with Gasteiger partial charge in [0.15, 0.2) is 0 Å². The highest BCUT2D eigenvalue weighted by Crippen LogP contribution is 2.18. The van der Waals surface area contributed by atoms with Gasteiger partial charge in [-0.2, -0.15) is 0 Å². The molecule has 0 aromatic carbocycles. The monoisotopic (exact) mass is 398 g/mol. The number of nitrogens with two attached hydrogens (primary N) is 1. The fraction of sp³-hybridized carbons (Fsp3) is 0.789. The van der Waals surface area contributed by atoms with Crippen LogP contribution >= 0.6 is 0 Å². The van der Waals surface area contributed by atoms with E-state index in [2.05, 4.69) is 10.6 Å². The Hall–Kier alpha value is -2.16. The minimum atomic E-state index is -1.04. The molecule has 4 atom stereocenters. The van der Waals surface area contributed by atoms with E-state index in [1.165, 1.54) is 11.8 Å². The number of carbonyl (C=O) groups is 4. The van der Waals surface area contributed by atoms with Crippen molar-refractivity contribution in [1.82, 2.24) is 15.5 Å². The van der Waals surface area contributed by atoms with Gasteiger partial charge >= 0.3 is 5.97 Å². The third-order valence-electron chi connectivity index (χ3n) is 5.05. The van der Waals surface area contributed by atoms with Crippen molar-refractivity contribution < 1.29 is 24.3 Å². The lowest BCUT2D eigenvalue weighted by Gasteiger charge is -2.27. The maximum atomic E-state index is 12.7. The van der Waals surface area contributed by atoms with Gasteiger partial charge in [-0.3, -0.25) is 14.4 Å². The third kappa shape index (κ3) is 6.47. The molecule has 28 heavy (non-hydrogen) atoms. The summed E-state index contributed by atoms with van der Waals surface area (Å²) in [6.07, 6.45) is 3.03. The zero-order valence-electron chi connectivity index (χ0n) is 17.2. The first-order valence-corrected chi connectivity index (χ1v) is 9.99. The van der Waals surface area contributed by atoms with Crippen molar-refractivity contribution in [2.75, 3.05) is 6.54 Å². The van der Waals surface area contributed by atoms with Crippen LogP contribution in [0.15, 0.2) is 0 Å². The highest BCUT2D eigenvalue weighted by atomic mass is 16.4. The number of carboxylic acid groups (broad SMARTS) is 1. The second kappa shape index (κ2) is 11.0. The summed E-state index contributed by atoms with van der Waals surface area (Å²) in [7, 11) is 0. The van der Waals surface area contributed by atoms with E-state index < -0.39 is 47.9 Å². The lowest BCUT2D eigenvalue weighted by Crippen LogP contribution is -2.56. The van der Waals surface area contributed by atoms with Crippen molar-refractivity contribution in [1.29, 1.82) is 0 Å². The van der Waals surface area contributed by atoms with Gasteiger partial charge in [0.1, 0.15) is 18.1 Å². The number of rotatable bonds is 10. The van der Waals surface area contributed by atoms with Crippen LogP contribution in [0.1, 0.15) is 59.8 Å². The first-order chi connectivity index (χ1) is 13.1. The molecule has 1 heterocycles. The Morgan fingerprint density at radius 1 is 1.14 bits per heavy atom. The first-order valence-electron chi connectivity index (χ1n) is 9.99. The summed E-state index contributed by atoms with van der Waals surface area (Å²) in [5.74, 6) is -2.42. The number of nitrogens with one attached hydrogen (secondary N) is 2. The second-order valence-electron chi connectivity index (χ2n) is 7.73. The minimum Gasteiger partial charge on any atom is -0.480 e. The second-order valence-corrected chi connectivity index (χ2v) is 7.73. The summed E-state index contributed by atoms with van der Waals surface area (Å²) >= 11 is 0. The van der Waals surface area contributed by atoms with Gasteiger partial charge in [-0.25, -0.2) is 4.79 Å². The molecule has 0 spiro atoms. The van der Waals surface area contributed by atoms with Crippen LogP contribution in [0.25, 0.3) is 0 Å². The fourth-order valence-electron chi connectivity index (χ4n) is 3.16. The van der Waals surface area contributed by atoms with E-state index >= 15 is 0 Å². The molecule has 0 aromatic rings. The molecule has 3 amide bonds. The smallest absolute Gasteiger partial charge is 0.326 e. The van der Waals surface area contributed by atoms with Crippen molar-refractivity contribution in [3.63, 3.8) is 0 Å². The standard InChI is InChI=1S/C19H34N4O5/c1-5-6-8-13(22-17(25)15(20)11(2)3)16(24)21-12(4)18(26)23-10-7-9-14(23)19(27)28/h11-15H,5-10,20H2,1-4H3,(H,21,24)(H,22,25)(H,27,28)/t12-,13-,14-,15-/m0/s1. The Morgan fingerprint density at radius 3 is 2.32 bits per heavy atom. The van der Waals surface area contributed by atoms with E-state index in [4.69, 9.17) is 5.73 Å². The van der Waals surface area contributed by atoms with Gasteiger partial charge in [0.2, 0.25) is 17.7 Å². The summed E-state index contributed by atoms with van der Waals surface area (Å²) in [5, 5.41) is 14.5. The molecule has 1 aliphatic rings. The molecule has 0 bridgehead atoms. The van der Waals surface area contributed by atoms with Crippen LogP contribution in [0.4, 0.5) is 0 Å². The number of amides is 3. The largest absolute Gasteiger partial charge is 0.480 e. The summed E-state index contributed by atoms with van der Waals surface area (Å²) in [6.45, 7) is 7.50. The average molecular weight is 399 g/mol. The number of carbonyl (C=O) groups excluding carboxylic acids is 3. The van der Waals surface area contributed by atoms with Crippen molar-refractivity contribution in [2.24, 2.45) is 11.7 Å². The van der Waals surface area contributed by atoms with E-state index in [1.54, 1.807) is 0 Å². The summed E-state index contributed by atoms with van der Waals surface area (Å²) in [5.41, 5.74) is 5.85. The lowest BCUT2D eigenvalue weighted by molar-refractivity contribution is -0.149. The van der Waals surface area contributed by atoms with E-state index in [0.717, 1.165) is 12.8 Å². The summed E-state index contributed by atoms with van der Waals surface area (Å²) in [4.78, 5) is 50.1. The van der Waals surface area contributed by atoms with Crippen molar-refractivity contribution in [3.05, 3.63) is 0 Å². The number of carboxylic acids is 1. The highest BCUT2D eigenvalue weighted by molar-refractivity contribution is 5.94. The molecule has 0 saturated carbocycles. The van der Waals surface area contributed by atoms with Crippen LogP contribution in [0.3, 0.4) is 0 Å². The van der Waals surface area contributed by atoms with Gasteiger partial charge in [0.25, 0.3) is 0 Å². The molecule has 1 aliphatic heterocycles. The molecule has 0 aromatic heterocycles. The third-order valence-corrected chi connectivity index (χ3v) is 5.05. The molecule has 1 fully saturated rings. The zero-order chi connectivity index (χ0) is 21.4. The maximum absolute atomic E-state index is 12.7. The van der Waals surface area contributed by atoms with E-state index in [0.29, 0.717) is 25.8 Å². The molecule has 9 heteroatoms. The lowest BCUT2D eigenvalue weighted by atomic mass is 10.0. The quantitative estimate of drug-likeness (QED) is 0.415. The van der Waals surface area contributed by atoms with Crippen LogP contribution in [0, 0.1) is 5.92 Å². The normalized spacial score (nSPS) is 19.8. The number of likely N-dealkylation sites (tertiary alicyclic amines) is 1. The number of hydrogen-bond acceptors (Lipinski definition) is 5. The average Bonchev–Trinajstić information content (AvgIpc) is 3.13. The number of nitrogens with zero attached hydrogens (tertiary/aromatic N) is 1. The van der Waals surface area contributed by atoms with Crippen LogP contribution in [0.2, 0.25) is 0 Å². The number of hydrogen-bond donors (Lipinski definition) is 4. The first kappa shape index (κ1) is 23.9. The molecule has 0 unspecified atom stereocenters. The Kier molecular flexibility index (Phi) is 9.37. The van der Waals surface area contributed by atoms with Crippen LogP contribution < -0.4 is 16.4 Å². The highest BCUT2D eigenvalue weighted by Gasteiger charge is 2.36. The number of unbranched alkanes of at least 4 members (excludes halogenated alkanes) is 1. The Morgan fingerprint density at radius 2 is 1.79 bits per heavy atom. The van der Waals surface area contributed by atoms with Crippen molar-refractivity contribution >= 4 is 23.7 Å². The fourth-order valence-corrected chi connectivity index (χ4v) is 3.16. The van der Waals surface area contributed by atoms with Gasteiger partial charge < -0.3 is 26.4 Å². The predicted octanol–water partition coefficient (Wildman–Crippen LogP) is 0.225. The van der Waals surface area contributed by atoms with Gasteiger partial charge in [-0.15, -0.1) is 0 Å². The van der Waals surface area contributed by atoms with Crippen LogP contribution in [-0.2, 0) is 19.2 Å². The molecule has 5 N–H and O–H groups in total. The van der Waals surface area contributed by atoms with Crippen LogP contribution in [-0.4, -0.2) is 64.4 Å². The van der Waals surface area contributed by atoms with Gasteiger partial charge in [0, 0.05) is 6.54 Å². The molecule has 1 saturated heterocycles. The Bertz CT molecular complexity index is 581. The topological polar surface area (TPSA) is 142 Å². The molecule has 0 radical (unpaired) electrons. The minimum absolute atomic E-state index is 0.0708. The van der Waals surface area contributed by atoms with E-state index in [-0.39, 0.29) is 5.92 Å². The van der Waals surface area contributed by atoms with Crippen molar-refractivity contribution in [3.8, 4) is 0 Å². The number of aliphatic carboxylic acids is 1. The predicted molar refractivity (Wildman–Crippen MR) is 104 cm³/mol. The molecule has 0 aliphatic carbocycles. The molecule has 1 rings (SSSR count). The maximum Gasteiger partial charge on any atom is 0.326 e. The Labute approximate surface area is 166 Å². The Balaban J connectivity index is 2.76. The molecule has 9 nitrogen and oxygen atoms in total. The molecular weight excluding hydrogens is 364 g/mol. The van der Waals surface area contributed by atoms with E-state index in [9.17, 15) is 24.3 Å². The van der Waals surface area contributed by atoms with Gasteiger partial charge in [-0.05, 0) is 32.1 Å². The van der Waals surface area contributed by atoms with Gasteiger partial charge in [0.05, 0.1) is 6.04 Å². The zero-order valence-corrected chi connectivity index (χ0v) is 17.2.